The van der Waals surface area contributed by atoms with Gasteiger partial charge in [-0.3, -0.25) is 4.98 Å². The van der Waals surface area contributed by atoms with Crippen LogP contribution in [-0.4, -0.2) is 16.1 Å². The van der Waals surface area contributed by atoms with Crippen LogP contribution in [0.2, 0.25) is 0 Å². The fraction of sp³-hybridized carbons (Fsp3) is 0.0588. The minimum absolute atomic E-state index is 0.100. The Hall–Kier alpha value is -3.08. The summed E-state index contributed by atoms with van der Waals surface area (Å²) in [6.45, 7) is 1.88. The van der Waals surface area contributed by atoms with Gasteiger partial charge in [-0.05, 0) is 31.2 Å². The van der Waals surface area contributed by atoms with Crippen LogP contribution in [0.1, 0.15) is 5.69 Å². The van der Waals surface area contributed by atoms with Crippen molar-refractivity contribution in [2.75, 3.05) is 10.6 Å². The van der Waals surface area contributed by atoms with E-state index in [4.69, 9.17) is 0 Å². The van der Waals surface area contributed by atoms with Crippen molar-refractivity contribution in [3.63, 3.8) is 0 Å². The molecule has 0 spiro atoms. The summed E-state index contributed by atoms with van der Waals surface area (Å²) in [5.41, 5.74) is 2.87. The SMILES string of the molecule is Cc1cc(NC(=O)Nc2cccc(O)c2)c2ccccc2n1. The Morgan fingerprint density at radius 3 is 2.68 bits per heavy atom. The van der Waals surface area contributed by atoms with Crippen LogP contribution in [-0.2, 0) is 0 Å². The summed E-state index contributed by atoms with van der Waals surface area (Å²) in [6.07, 6.45) is 0. The van der Waals surface area contributed by atoms with Crippen LogP contribution in [0.4, 0.5) is 16.2 Å². The number of aryl methyl sites for hydroxylation is 1. The van der Waals surface area contributed by atoms with Crippen LogP contribution >= 0.6 is 0 Å². The molecule has 5 heteroatoms. The van der Waals surface area contributed by atoms with Gasteiger partial charge in [-0.15, -0.1) is 0 Å². The van der Waals surface area contributed by atoms with Gasteiger partial charge in [-0.1, -0.05) is 24.3 Å². The van der Waals surface area contributed by atoms with Crippen LogP contribution in [0.15, 0.2) is 54.6 Å². The first-order chi connectivity index (χ1) is 10.6. The number of pyridine rings is 1. The zero-order chi connectivity index (χ0) is 15.5. The first kappa shape index (κ1) is 13.9. The fourth-order valence-electron chi connectivity index (χ4n) is 2.28. The van der Waals surface area contributed by atoms with E-state index in [1.54, 1.807) is 18.2 Å². The number of rotatable bonds is 2. The van der Waals surface area contributed by atoms with Crippen LogP contribution < -0.4 is 10.6 Å². The summed E-state index contributed by atoms with van der Waals surface area (Å²) in [7, 11) is 0. The number of nitrogens with zero attached hydrogens (tertiary/aromatic N) is 1. The van der Waals surface area contributed by atoms with Gasteiger partial charge in [-0.25, -0.2) is 4.79 Å². The number of phenolic OH excluding ortho intramolecular Hbond substituents is 1. The minimum atomic E-state index is -0.374. The molecule has 0 atom stereocenters. The van der Waals surface area contributed by atoms with Gasteiger partial charge in [-0.2, -0.15) is 0 Å². The molecule has 1 heterocycles. The zero-order valence-electron chi connectivity index (χ0n) is 12.0. The van der Waals surface area contributed by atoms with E-state index in [0.717, 1.165) is 16.6 Å². The van der Waals surface area contributed by atoms with E-state index in [0.29, 0.717) is 11.4 Å². The number of amides is 2. The molecule has 0 saturated carbocycles. The molecule has 0 saturated heterocycles. The van der Waals surface area contributed by atoms with Gasteiger partial charge in [0.15, 0.2) is 0 Å². The van der Waals surface area contributed by atoms with E-state index >= 15 is 0 Å². The molecule has 0 bridgehead atoms. The predicted octanol–water partition coefficient (Wildman–Crippen LogP) is 3.89. The van der Waals surface area contributed by atoms with E-state index in [1.807, 2.05) is 37.3 Å². The molecule has 2 amide bonds. The largest absolute Gasteiger partial charge is 0.508 e. The molecule has 3 aromatic rings. The Labute approximate surface area is 127 Å². The fourth-order valence-corrected chi connectivity index (χ4v) is 2.28. The molecule has 3 rings (SSSR count). The molecule has 22 heavy (non-hydrogen) atoms. The lowest BCUT2D eigenvalue weighted by Crippen LogP contribution is -2.19. The van der Waals surface area contributed by atoms with Crippen molar-refractivity contribution in [3.05, 3.63) is 60.3 Å². The number of para-hydroxylation sites is 1. The molecular formula is C17H15N3O2. The van der Waals surface area contributed by atoms with Gasteiger partial charge in [0, 0.05) is 22.8 Å². The maximum Gasteiger partial charge on any atom is 0.323 e. The Morgan fingerprint density at radius 2 is 1.86 bits per heavy atom. The second-order valence-corrected chi connectivity index (χ2v) is 4.96. The molecule has 0 aliphatic rings. The highest BCUT2D eigenvalue weighted by Gasteiger charge is 2.08. The molecule has 0 fully saturated rings. The summed E-state index contributed by atoms with van der Waals surface area (Å²) >= 11 is 0. The maximum absolute atomic E-state index is 12.1. The number of aromatic nitrogens is 1. The third kappa shape index (κ3) is 2.98. The standard InChI is InChI=1S/C17H15N3O2/c1-11-9-16(14-7-2-3-8-15(14)18-11)20-17(22)19-12-5-4-6-13(21)10-12/h2-10,21H,1H3,(H2,18,19,20,22). The van der Waals surface area contributed by atoms with Gasteiger partial charge < -0.3 is 15.7 Å². The van der Waals surface area contributed by atoms with Crippen LogP contribution in [0.3, 0.4) is 0 Å². The third-order valence-corrected chi connectivity index (χ3v) is 3.20. The van der Waals surface area contributed by atoms with Gasteiger partial charge in [0.2, 0.25) is 0 Å². The van der Waals surface area contributed by atoms with Gasteiger partial charge in [0.1, 0.15) is 5.75 Å². The summed E-state index contributed by atoms with van der Waals surface area (Å²) < 4.78 is 0. The number of hydrogen-bond acceptors (Lipinski definition) is 3. The summed E-state index contributed by atoms with van der Waals surface area (Å²) in [6, 6.07) is 15.5. The lowest BCUT2D eigenvalue weighted by molar-refractivity contribution is 0.262. The number of carbonyl (C=O) groups is 1. The number of benzene rings is 2. The number of aromatic hydroxyl groups is 1. The molecule has 2 aromatic carbocycles. The molecule has 0 radical (unpaired) electrons. The molecule has 1 aromatic heterocycles. The first-order valence-corrected chi connectivity index (χ1v) is 6.85. The molecule has 0 aliphatic heterocycles. The summed E-state index contributed by atoms with van der Waals surface area (Å²) in [4.78, 5) is 16.6. The maximum atomic E-state index is 12.1. The highest BCUT2D eigenvalue weighted by atomic mass is 16.3. The minimum Gasteiger partial charge on any atom is -0.508 e. The van der Waals surface area contributed by atoms with Gasteiger partial charge in [0.25, 0.3) is 0 Å². The van der Waals surface area contributed by atoms with Crippen molar-refractivity contribution in [1.29, 1.82) is 0 Å². The molecule has 5 nitrogen and oxygen atoms in total. The van der Waals surface area contributed by atoms with E-state index in [-0.39, 0.29) is 11.8 Å². The number of nitrogens with one attached hydrogen (secondary N) is 2. The number of phenols is 1. The molecule has 0 unspecified atom stereocenters. The van der Waals surface area contributed by atoms with E-state index in [1.165, 1.54) is 6.07 Å². The van der Waals surface area contributed by atoms with Crippen LogP contribution in [0.25, 0.3) is 10.9 Å². The monoisotopic (exact) mass is 293 g/mol. The number of fused-ring (bicyclic) bond motifs is 1. The lowest BCUT2D eigenvalue weighted by atomic mass is 10.1. The number of anilines is 2. The molecule has 0 aliphatic carbocycles. The van der Waals surface area contributed by atoms with Crippen molar-refractivity contribution in [2.45, 2.75) is 6.92 Å². The van der Waals surface area contributed by atoms with Gasteiger partial charge >= 0.3 is 6.03 Å². The Morgan fingerprint density at radius 1 is 1.05 bits per heavy atom. The van der Waals surface area contributed by atoms with Crippen molar-refractivity contribution < 1.29 is 9.90 Å². The first-order valence-electron chi connectivity index (χ1n) is 6.85. The van der Waals surface area contributed by atoms with E-state index < -0.39 is 0 Å². The van der Waals surface area contributed by atoms with Crippen molar-refractivity contribution in [2.24, 2.45) is 0 Å². The number of hydrogen-bond donors (Lipinski definition) is 3. The normalized spacial score (nSPS) is 10.4. The molecular weight excluding hydrogens is 278 g/mol. The Balaban J connectivity index is 1.85. The van der Waals surface area contributed by atoms with Crippen molar-refractivity contribution >= 4 is 28.3 Å². The molecule has 110 valence electrons. The highest BCUT2D eigenvalue weighted by molar-refractivity contribution is 6.05. The van der Waals surface area contributed by atoms with E-state index in [9.17, 15) is 9.90 Å². The quantitative estimate of drug-likeness (QED) is 0.671. The summed E-state index contributed by atoms with van der Waals surface area (Å²) in [5, 5.41) is 15.8. The number of carbonyl (C=O) groups excluding carboxylic acids is 1. The second-order valence-electron chi connectivity index (χ2n) is 4.96. The smallest absolute Gasteiger partial charge is 0.323 e. The Bertz CT molecular complexity index is 846. The van der Waals surface area contributed by atoms with E-state index in [2.05, 4.69) is 15.6 Å². The summed E-state index contributed by atoms with van der Waals surface area (Å²) in [5.74, 6) is 0.100. The number of urea groups is 1. The van der Waals surface area contributed by atoms with Crippen LogP contribution in [0, 0.1) is 6.92 Å². The third-order valence-electron chi connectivity index (χ3n) is 3.20. The lowest BCUT2D eigenvalue weighted by Gasteiger charge is -2.11. The topological polar surface area (TPSA) is 74.2 Å². The van der Waals surface area contributed by atoms with Gasteiger partial charge in [0.05, 0.1) is 11.2 Å². The molecule has 3 N–H and O–H groups in total. The van der Waals surface area contributed by atoms with Crippen LogP contribution in [0.5, 0.6) is 5.75 Å². The second kappa shape index (κ2) is 5.73. The predicted molar refractivity (Wildman–Crippen MR) is 87.2 cm³/mol. The zero-order valence-corrected chi connectivity index (χ0v) is 12.0. The average molecular weight is 293 g/mol. The highest BCUT2D eigenvalue weighted by Crippen LogP contribution is 2.23. The van der Waals surface area contributed by atoms with Crippen molar-refractivity contribution in [3.8, 4) is 5.75 Å². The Kier molecular flexibility index (Phi) is 3.62. The average Bonchev–Trinajstić information content (AvgIpc) is 2.47. The van der Waals surface area contributed by atoms with Crippen molar-refractivity contribution in [1.82, 2.24) is 4.98 Å².